The van der Waals surface area contributed by atoms with E-state index in [1.54, 1.807) is 0 Å². The Bertz CT molecular complexity index is 565. The van der Waals surface area contributed by atoms with Gasteiger partial charge in [-0.1, -0.05) is 43.3 Å². The Kier molecular flexibility index (Phi) is 5.40. The van der Waals surface area contributed by atoms with Crippen LogP contribution in [0.3, 0.4) is 0 Å². The topological polar surface area (TPSA) is 21.3 Å². The van der Waals surface area contributed by atoms with Gasteiger partial charge in [0.15, 0.2) is 0 Å². The zero-order valence-corrected chi connectivity index (χ0v) is 13.4. The van der Waals surface area contributed by atoms with Crippen molar-refractivity contribution in [3.8, 4) is 5.75 Å². The number of hydrogen-bond acceptors (Lipinski definition) is 2. The van der Waals surface area contributed by atoms with Crippen LogP contribution in [0.2, 0.25) is 0 Å². The Hall–Kier alpha value is -1.80. The molecule has 0 aliphatic carbocycles. The van der Waals surface area contributed by atoms with Crippen LogP contribution in [0.15, 0.2) is 48.5 Å². The molecule has 0 radical (unpaired) electrons. The van der Waals surface area contributed by atoms with Crippen molar-refractivity contribution in [1.82, 2.24) is 5.32 Å². The summed E-state index contributed by atoms with van der Waals surface area (Å²) >= 11 is 0. The van der Waals surface area contributed by atoms with Gasteiger partial charge in [0.25, 0.3) is 0 Å². The normalized spacial score (nSPS) is 13.7. The summed E-state index contributed by atoms with van der Waals surface area (Å²) in [5, 5.41) is 3.52. The van der Waals surface area contributed by atoms with Crippen LogP contribution in [0.4, 0.5) is 0 Å². The summed E-state index contributed by atoms with van der Waals surface area (Å²) in [5.41, 5.74) is 3.82. The molecule has 21 heavy (non-hydrogen) atoms. The van der Waals surface area contributed by atoms with Gasteiger partial charge in [0.2, 0.25) is 0 Å². The maximum absolute atomic E-state index is 6.16. The Labute approximate surface area is 128 Å². The van der Waals surface area contributed by atoms with E-state index in [9.17, 15) is 0 Å². The van der Waals surface area contributed by atoms with Crippen LogP contribution in [0.1, 0.15) is 36.6 Å². The van der Waals surface area contributed by atoms with Crippen LogP contribution in [-0.2, 0) is 0 Å². The predicted octanol–water partition coefficient (Wildman–Crippen LogP) is 4.42. The van der Waals surface area contributed by atoms with Crippen molar-refractivity contribution in [2.24, 2.45) is 0 Å². The quantitative estimate of drug-likeness (QED) is 0.847. The van der Waals surface area contributed by atoms with Crippen LogP contribution in [-0.4, -0.2) is 12.6 Å². The van der Waals surface area contributed by atoms with E-state index in [0.717, 1.165) is 12.3 Å². The van der Waals surface area contributed by atoms with Crippen LogP contribution >= 0.6 is 0 Å². The second-order valence-electron chi connectivity index (χ2n) is 5.52. The number of ether oxygens (including phenoxy) is 1. The van der Waals surface area contributed by atoms with E-state index in [4.69, 9.17) is 4.74 Å². The van der Waals surface area contributed by atoms with Gasteiger partial charge in [-0.05, 0) is 56.1 Å². The molecule has 0 saturated carbocycles. The largest absolute Gasteiger partial charge is 0.489 e. The molecule has 0 aliphatic rings. The minimum absolute atomic E-state index is 0.0643. The lowest BCUT2D eigenvalue weighted by Gasteiger charge is -2.26. The van der Waals surface area contributed by atoms with Crippen LogP contribution < -0.4 is 10.1 Å². The Morgan fingerprint density at radius 2 is 1.71 bits per heavy atom. The summed E-state index contributed by atoms with van der Waals surface area (Å²) in [7, 11) is 0. The summed E-state index contributed by atoms with van der Waals surface area (Å²) in [6.07, 6.45) is 0.0643. The first-order chi connectivity index (χ1) is 10.1. The summed E-state index contributed by atoms with van der Waals surface area (Å²) < 4.78 is 6.16. The fraction of sp³-hybridized carbons (Fsp3) is 0.368. The maximum atomic E-state index is 6.16. The Morgan fingerprint density at radius 1 is 1.00 bits per heavy atom. The molecule has 0 spiro atoms. The molecular weight excluding hydrogens is 258 g/mol. The van der Waals surface area contributed by atoms with Gasteiger partial charge in [-0.3, -0.25) is 0 Å². The van der Waals surface area contributed by atoms with Gasteiger partial charge < -0.3 is 10.1 Å². The average Bonchev–Trinajstić information content (AvgIpc) is 2.49. The molecule has 2 heteroatoms. The number of hydrogen-bond donors (Lipinski definition) is 1. The third kappa shape index (κ3) is 4.08. The second-order valence-corrected chi connectivity index (χ2v) is 5.52. The molecule has 0 fully saturated rings. The van der Waals surface area contributed by atoms with Crippen molar-refractivity contribution in [2.45, 2.75) is 39.8 Å². The molecule has 2 rings (SSSR count). The monoisotopic (exact) mass is 283 g/mol. The smallest absolute Gasteiger partial charge is 0.120 e. The molecular formula is C19H25NO. The van der Waals surface area contributed by atoms with Crippen molar-refractivity contribution in [2.75, 3.05) is 6.54 Å². The van der Waals surface area contributed by atoms with Crippen molar-refractivity contribution < 1.29 is 4.74 Å². The molecule has 0 amide bonds. The molecule has 0 heterocycles. The van der Waals surface area contributed by atoms with Gasteiger partial charge in [-0.25, -0.2) is 0 Å². The summed E-state index contributed by atoms with van der Waals surface area (Å²) in [5.74, 6) is 0.935. The highest BCUT2D eigenvalue weighted by molar-refractivity contribution is 5.34. The van der Waals surface area contributed by atoms with Gasteiger partial charge in [0.1, 0.15) is 11.9 Å². The molecule has 1 N–H and O–H groups in total. The van der Waals surface area contributed by atoms with Crippen LogP contribution in [0.5, 0.6) is 5.75 Å². The lowest BCUT2D eigenvalue weighted by atomic mass is 10.0. The minimum atomic E-state index is 0.0643. The fourth-order valence-corrected chi connectivity index (χ4v) is 2.51. The van der Waals surface area contributed by atoms with Gasteiger partial charge in [-0.15, -0.1) is 0 Å². The Balaban J connectivity index is 2.15. The van der Waals surface area contributed by atoms with Gasteiger partial charge in [0, 0.05) is 0 Å². The van der Waals surface area contributed by atoms with Crippen LogP contribution in [0.25, 0.3) is 0 Å². The van der Waals surface area contributed by atoms with E-state index in [-0.39, 0.29) is 12.1 Å². The second kappa shape index (κ2) is 7.28. The third-order valence-electron chi connectivity index (χ3n) is 3.85. The zero-order chi connectivity index (χ0) is 15.2. The molecule has 0 bridgehead atoms. The van der Waals surface area contributed by atoms with E-state index in [2.05, 4.69) is 69.4 Å². The molecule has 2 aromatic rings. The first-order valence-electron chi connectivity index (χ1n) is 7.64. The summed E-state index contributed by atoms with van der Waals surface area (Å²) in [6, 6.07) is 16.9. The lowest BCUT2D eigenvalue weighted by Crippen LogP contribution is -2.33. The highest BCUT2D eigenvalue weighted by atomic mass is 16.5. The average molecular weight is 283 g/mol. The number of aryl methyl sites for hydroxylation is 2. The molecule has 2 aromatic carbocycles. The van der Waals surface area contributed by atoms with Gasteiger partial charge >= 0.3 is 0 Å². The van der Waals surface area contributed by atoms with E-state index < -0.39 is 0 Å². The number of nitrogens with one attached hydrogen (secondary N) is 1. The molecule has 2 atom stereocenters. The van der Waals surface area contributed by atoms with E-state index >= 15 is 0 Å². The van der Waals surface area contributed by atoms with Crippen molar-refractivity contribution in [3.05, 3.63) is 65.2 Å². The van der Waals surface area contributed by atoms with E-state index in [1.165, 1.54) is 16.7 Å². The summed E-state index contributed by atoms with van der Waals surface area (Å²) in [6.45, 7) is 9.40. The van der Waals surface area contributed by atoms with Crippen LogP contribution in [0, 0.1) is 13.8 Å². The molecule has 0 aromatic heterocycles. The third-order valence-corrected chi connectivity index (χ3v) is 3.85. The van der Waals surface area contributed by atoms with Crippen molar-refractivity contribution >= 4 is 0 Å². The SMILES string of the molecule is CCNC(c1ccccc1)C(C)Oc1ccc(C)c(C)c1. The van der Waals surface area contributed by atoms with Crippen molar-refractivity contribution in [1.29, 1.82) is 0 Å². The van der Waals surface area contributed by atoms with Gasteiger partial charge in [-0.2, -0.15) is 0 Å². The minimum Gasteiger partial charge on any atom is -0.489 e. The van der Waals surface area contributed by atoms with E-state index in [1.807, 2.05) is 12.1 Å². The van der Waals surface area contributed by atoms with E-state index in [0.29, 0.717) is 0 Å². The predicted molar refractivity (Wildman–Crippen MR) is 88.9 cm³/mol. The number of rotatable bonds is 6. The van der Waals surface area contributed by atoms with Crippen molar-refractivity contribution in [3.63, 3.8) is 0 Å². The lowest BCUT2D eigenvalue weighted by molar-refractivity contribution is 0.171. The highest BCUT2D eigenvalue weighted by Crippen LogP contribution is 2.23. The number of likely N-dealkylation sites (N-methyl/N-ethyl adjacent to an activating group) is 1. The Morgan fingerprint density at radius 3 is 2.33 bits per heavy atom. The highest BCUT2D eigenvalue weighted by Gasteiger charge is 2.19. The number of benzene rings is 2. The molecule has 0 aliphatic heterocycles. The fourth-order valence-electron chi connectivity index (χ4n) is 2.51. The standard InChI is InChI=1S/C19H25NO/c1-5-20-19(17-9-7-6-8-10-17)16(4)21-18-12-11-14(2)15(3)13-18/h6-13,16,19-20H,5H2,1-4H3. The molecule has 2 unspecified atom stereocenters. The first kappa shape index (κ1) is 15.6. The van der Waals surface area contributed by atoms with Gasteiger partial charge in [0.05, 0.1) is 6.04 Å². The molecule has 112 valence electrons. The maximum Gasteiger partial charge on any atom is 0.120 e. The first-order valence-corrected chi connectivity index (χ1v) is 7.64. The summed E-state index contributed by atoms with van der Waals surface area (Å²) in [4.78, 5) is 0. The molecule has 2 nitrogen and oxygen atoms in total. The molecule has 0 saturated heterocycles. The zero-order valence-electron chi connectivity index (χ0n) is 13.4.